The molecule has 0 spiro atoms. The van der Waals surface area contributed by atoms with E-state index < -0.39 is 0 Å². The van der Waals surface area contributed by atoms with Crippen molar-refractivity contribution < 1.29 is 14.1 Å². The molecule has 1 amide bonds. The SMILES string of the molecule is Cc1nc(-c2ccc(NC(=O)COc3ccc4ccccc4c3)c(C)c2)no1. The molecule has 1 N–H and O–H groups in total. The lowest BCUT2D eigenvalue weighted by molar-refractivity contribution is -0.118. The van der Waals surface area contributed by atoms with Crippen molar-refractivity contribution in [3.63, 3.8) is 0 Å². The van der Waals surface area contributed by atoms with Gasteiger partial charge < -0.3 is 14.6 Å². The first kappa shape index (κ1) is 17.7. The van der Waals surface area contributed by atoms with Gasteiger partial charge in [0.25, 0.3) is 5.91 Å². The number of anilines is 1. The number of benzene rings is 3. The van der Waals surface area contributed by atoms with Crippen LogP contribution in [0.5, 0.6) is 5.75 Å². The summed E-state index contributed by atoms with van der Waals surface area (Å²) in [6.45, 7) is 3.59. The molecule has 0 atom stereocenters. The summed E-state index contributed by atoms with van der Waals surface area (Å²) in [4.78, 5) is 16.5. The first-order valence-electron chi connectivity index (χ1n) is 8.91. The van der Waals surface area contributed by atoms with Crippen LogP contribution >= 0.6 is 0 Å². The third-order valence-electron chi connectivity index (χ3n) is 4.38. The molecule has 0 fully saturated rings. The molecule has 0 unspecified atom stereocenters. The fourth-order valence-electron chi connectivity index (χ4n) is 2.95. The van der Waals surface area contributed by atoms with Gasteiger partial charge in [0.15, 0.2) is 6.61 Å². The van der Waals surface area contributed by atoms with E-state index in [1.54, 1.807) is 6.92 Å². The minimum Gasteiger partial charge on any atom is -0.484 e. The summed E-state index contributed by atoms with van der Waals surface area (Å²) in [5.41, 5.74) is 2.45. The summed E-state index contributed by atoms with van der Waals surface area (Å²) in [7, 11) is 0. The van der Waals surface area contributed by atoms with Crippen molar-refractivity contribution >= 4 is 22.4 Å². The van der Waals surface area contributed by atoms with Crippen LogP contribution in [0.25, 0.3) is 22.2 Å². The Kier molecular flexibility index (Phi) is 4.76. The van der Waals surface area contributed by atoms with Crippen molar-refractivity contribution in [2.75, 3.05) is 11.9 Å². The maximum absolute atomic E-state index is 12.3. The van der Waals surface area contributed by atoms with Gasteiger partial charge >= 0.3 is 0 Å². The van der Waals surface area contributed by atoms with Gasteiger partial charge in [-0.15, -0.1) is 0 Å². The van der Waals surface area contributed by atoms with Crippen molar-refractivity contribution in [1.82, 2.24) is 10.1 Å². The number of ether oxygens (including phenoxy) is 1. The van der Waals surface area contributed by atoms with E-state index in [0.29, 0.717) is 17.5 Å². The van der Waals surface area contributed by atoms with Crippen molar-refractivity contribution in [3.05, 3.63) is 72.1 Å². The van der Waals surface area contributed by atoms with Crippen molar-refractivity contribution in [1.29, 1.82) is 0 Å². The Morgan fingerprint density at radius 2 is 1.86 bits per heavy atom. The zero-order chi connectivity index (χ0) is 19.5. The maximum Gasteiger partial charge on any atom is 0.262 e. The van der Waals surface area contributed by atoms with E-state index in [9.17, 15) is 4.79 Å². The van der Waals surface area contributed by atoms with Crippen molar-refractivity contribution in [3.8, 4) is 17.1 Å². The van der Waals surface area contributed by atoms with Gasteiger partial charge in [-0.2, -0.15) is 4.98 Å². The second-order valence-electron chi connectivity index (χ2n) is 6.51. The molecule has 1 aromatic heterocycles. The van der Waals surface area contributed by atoms with Crippen LogP contribution in [0, 0.1) is 13.8 Å². The van der Waals surface area contributed by atoms with E-state index in [1.165, 1.54) is 0 Å². The molecule has 4 aromatic rings. The van der Waals surface area contributed by atoms with Crippen LogP contribution in [0.15, 0.2) is 65.2 Å². The van der Waals surface area contributed by atoms with Crippen LogP contribution in [0.2, 0.25) is 0 Å². The number of hydrogen-bond donors (Lipinski definition) is 1. The lowest BCUT2D eigenvalue weighted by Crippen LogP contribution is -2.20. The van der Waals surface area contributed by atoms with Gasteiger partial charge in [-0.3, -0.25) is 4.79 Å². The number of hydrogen-bond acceptors (Lipinski definition) is 5. The molecule has 4 rings (SSSR count). The monoisotopic (exact) mass is 373 g/mol. The number of aromatic nitrogens is 2. The van der Waals surface area contributed by atoms with Gasteiger partial charge in [0.05, 0.1) is 0 Å². The van der Waals surface area contributed by atoms with E-state index in [1.807, 2.05) is 67.6 Å². The number of aryl methyl sites for hydroxylation is 2. The number of carbonyl (C=O) groups is 1. The van der Waals surface area contributed by atoms with Crippen LogP contribution in [0.4, 0.5) is 5.69 Å². The van der Waals surface area contributed by atoms with Crippen molar-refractivity contribution in [2.24, 2.45) is 0 Å². The highest BCUT2D eigenvalue weighted by molar-refractivity contribution is 5.93. The summed E-state index contributed by atoms with van der Waals surface area (Å²) >= 11 is 0. The molecule has 0 bridgehead atoms. The fourth-order valence-corrected chi connectivity index (χ4v) is 2.95. The molecule has 0 saturated heterocycles. The summed E-state index contributed by atoms with van der Waals surface area (Å²) < 4.78 is 10.6. The zero-order valence-electron chi connectivity index (χ0n) is 15.6. The Bertz CT molecular complexity index is 1150. The molecule has 0 aliphatic heterocycles. The van der Waals surface area contributed by atoms with E-state index in [0.717, 1.165) is 27.6 Å². The fraction of sp³-hybridized carbons (Fsp3) is 0.136. The molecule has 0 radical (unpaired) electrons. The number of nitrogens with one attached hydrogen (secondary N) is 1. The Morgan fingerprint density at radius 3 is 2.61 bits per heavy atom. The van der Waals surface area contributed by atoms with Crippen LogP contribution < -0.4 is 10.1 Å². The van der Waals surface area contributed by atoms with E-state index in [-0.39, 0.29) is 12.5 Å². The molecule has 0 aliphatic rings. The number of carbonyl (C=O) groups excluding carboxylic acids is 1. The van der Waals surface area contributed by atoms with E-state index in [4.69, 9.17) is 9.26 Å². The highest BCUT2D eigenvalue weighted by atomic mass is 16.5. The summed E-state index contributed by atoms with van der Waals surface area (Å²) in [5.74, 6) is 1.47. The van der Waals surface area contributed by atoms with Crippen molar-refractivity contribution in [2.45, 2.75) is 13.8 Å². The number of rotatable bonds is 5. The van der Waals surface area contributed by atoms with Gasteiger partial charge in [0.1, 0.15) is 5.75 Å². The highest BCUT2D eigenvalue weighted by Gasteiger charge is 2.10. The summed E-state index contributed by atoms with van der Waals surface area (Å²) in [6.07, 6.45) is 0. The standard InChI is InChI=1S/C22H19N3O3/c1-14-11-18(22-23-15(2)28-25-22)8-10-20(14)24-21(26)13-27-19-9-7-16-5-3-4-6-17(16)12-19/h3-12H,13H2,1-2H3,(H,24,26). The second kappa shape index (κ2) is 7.52. The topological polar surface area (TPSA) is 77.2 Å². The van der Waals surface area contributed by atoms with Crippen LogP contribution in [-0.2, 0) is 4.79 Å². The lowest BCUT2D eigenvalue weighted by atomic mass is 10.1. The molecule has 6 nitrogen and oxygen atoms in total. The molecule has 1 heterocycles. The number of amides is 1. The van der Waals surface area contributed by atoms with Gasteiger partial charge in [0, 0.05) is 18.2 Å². The first-order valence-corrected chi connectivity index (χ1v) is 8.91. The van der Waals surface area contributed by atoms with Crippen LogP contribution in [0.3, 0.4) is 0 Å². The molecule has 6 heteroatoms. The predicted octanol–water partition coefficient (Wildman–Crippen LogP) is 4.52. The van der Waals surface area contributed by atoms with E-state index >= 15 is 0 Å². The molecule has 28 heavy (non-hydrogen) atoms. The average molecular weight is 373 g/mol. The minimum atomic E-state index is -0.223. The van der Waals surface area contributed by atoms with Crippen LogP contribution in [-0.4, -0.2) is 22.7 Å². The first-order chi connectivity index (χ1) is 13.6. The largest absolute Gasteiger partial charge is 0.484 e. The van der Waals surface area contributed by atoms with Gasteiger partial charge in [-0.25, -0.2) is 0 Å². The molecule has 0 saturated carbocycles. The van der Waals surface area contributed by atoms with Gasteiger partial charge in [-0.1, -0.05) is 35.5 Å². The average Bonchev–Trinajstić information content (AvgIpc) is 3.14. The molecule has 0 aliphatic carbocycles. The van der Waals surface area contributed by atoms with Gasteiger partial charge in [0.2, 0.25) is 11.7 Å². The summed E-state index contributed by atoms with van der Waals surface area (Å²) in [5, 5.41) is 8.99. The maximum atomic E-state index is 12.3. The second-order valence-corrected chi connectivity index (χ2v) is 6.51. The zero-order valence-corrected chi connectivity index (χ0v) is 15.6. The van der Waals surface area contributed by atoms with Crippen LogP contribution in [0.1, 0.15) is 11.5 Å². The third kappa shape index (κ3) is 3.86. The Morgan fingerprint density at radius 1 is 1.04 bits per heavy atom. The quantitative estimate of drug-likeness (QED) is 0.556. The highest BCUT2D eigenvalue weighted by Crippen LogP contribution is 2.23. The number of nitrogens with zero attached hydrogens (tertiary/aromatic N) is 2. The predicted molar refractivity (Wildman–Crippen MR) is 107 cm³/mol. The molecular weight excluding hydrogens is 354 g/mol. The normalized spacial score (nSPS) is 10.8. The Hall–Kier alpha value is -3.67. The number of fused-ring (bicyclic) bond motifs is 1. The van der Waals surface area contributed by atoms with Gasteiger partial charge in [-0.05, 0) is 53.6 Å². The summed E-state index contributed by atoms with van der Waals surface area (Å²) in [6, 6.07) is 19.4. The van der Waals surface area contributed by atoms with E-state index in [2.05, 4.69) is 15.5 Å². The Labute approximate surface area is 162 Å². The Balaban J connectivity index is 1.40. The molecule has 140 valence electrons. The third-order valence-corrected chi connectivity index (χ3v) is 4.38. The smallest absolute Gasteiger partial charge is 0.262 e. The lowest BCUT2D eigenvalue weighted by Gasteiger charge is -2.11. The minimum absolute atomic E-state index is 0.0659. The molecular formula is C22H19N3O3. The molecule has 3 aromatic carbocycles.